The standard InChI is InChI=1S/C52H50N4O10/c1-31-10-8-11-32(2)47(31)65-29-45(57)53-39-25-21-38(22-26-39)50(60)56-44-27-17-35(28-42(44)51(61)62)12-9-13-36-18-16-33(3)48(34(36)4)66-30-46(58)54-40-23-19-37(20-24-40)49(59)55-43-15-7-6-14-41(43)52(63)64-5/h6-8,10-11,14-28H,9,12-13,29-30H2,1-5H3,(H,53,57)(H,54,58)(H,55,59)(H,56,60)(H,61,62). The van der Waals surface area contributed by atoms with Gasteiger partial charge < -0.3 is 40.6 Å². The fourth-order valence-corrected chi connectivity index (χ4v) is 7.25. The minimum Gasteiger partial charge on any atom is -0.483 e. The number of anilines is 4. The van der Waals surface area contributed by atoms with Crippen LogP contribution in [0, 0.1) is 27.7 Å². The van der Waals surface area contributed by atoms with E-state index >= 15 is 0 Å². The molecule has 338 valence electrons. The number of nitrogens with one attached hydrogen (secondary N) is 4. The van der Waals surface area contributed by atoms with Gasteiger partial charge in [-0.3, -0.25) is 19.2 Å². The number of carboxylic acids is 1. The zero-order valence-electron chi connectivity index (χ0n) is 37.2. The largest absolute Gasteiger partial charge is 0.483 e. The second-order valence-corrected chi connectivity index (χ2v) is 15.5. The van der Waals surface area contributed by atoms with Crippen LogP contribution in [-0.2, 0) is 27.2 Å². The third-order valence-electron chi connectivity index (χ3n) is 10.7. The summed E-state index contributed by atoms with van der Waals surface area (Å²) in [6, 6.07) is 33.6. The lowest BCUT2D eigenvalue weighted by molar-refractivity contribution is -0.118. The van der Waals surface area contributed by atoms with Gasteiger partial charge in [-0.1, -0.05) is 48.5 Å². The van der Waals surface area contributed by atoms with Crippen molar-refractivity contribution < 1.29 is 48.1 Å². The Labute approximate surface area is 382 Å². The lowest BCUT2D eigenvalue weighted by Crippen LogP contribution is -2.21. The number of carbonyl (C=O) groups is 6. The fourth-order valence-electron chi connectivity index (χ4n) is 7.25. The average Bonchev–Trinajstić information content (AvgIpc) is 3.30. The Hall–Kier alpha value is -8.26. The first kappa shape index (κ1) is 47.2. The first-order valence-electron chi connectivity index (χ1n) is 21.1. The summed E-state index contributed by atoms with van der Waals surface area (Å²) < 4.78 is 16.5. The monoisotopic (exact) mass is 890 g/mol. The van der Waals surface area contributed by atoms with Crippen LogP contribution in [0.25, 0.3) is 0 Å². The Balaban J connectivity index is 0.978. The predicted octanol–water partition coefficient (Wildman–Crippen LogP) is 9.12. The van der Waals surface area contributed by atoms with Crippen LogP contribution in [0.4, 0.5) is 22.7 Å². The zero-order valence-corrected chi connectivity index (χ0v) is 37.2. The van der Waals surface area contributed by atoms with Gasteiger partial charge in [0.15, 0.2) is 13.2 Å². The Morgan fingerprint density at radius 2 is 1.06 bits per heavy atom. The summed E-state index contributed by atoms with van der Waals surface area (Å²) in [6.07, 6.45) is 1.89. The molecule has 0 atom stereocenters. The molecule has 6 aromatic rings. The molecule has 0 bridgehead atoms. The normalized spacial score (nSPS) is 10.6. The van der Waals surface area contributed by atoms with E-state index in [2.05, 4.69) is 21.3 Å². The highest BCUT2D eigenvalue weighted by Crippen LogP contribution is 2.29. The Bertz CT molecular complexity index is 2760. The Kier molecular flexibility index (Phi) is 15.7. The third-order valence-corrected chi connectivity index (χ3v) is 10.7. The summed E-state index contributed by atoms with van der Waals surface area (Å²) in [5, 5.41) is 21.0. The van der Waals surface area contributed by atoms with Gasteiger partial charge in [-0.15, -0.1) is 0 Å². The van der Waals surface area contributed by atoms with Crippen molar-refractivity contribution in [3.63, 3.8) is 0 Å². The molecule has 0 aromatic heterocycles. The number of aromatic carboxylic acids is 1. The summed E-state index contributed by atoms with van der Waals surface area (Å²) in [7, 11) is 1.26. The molecule has 0 saturated carbocycles. The topological polar surface area (TPSA) is 198 Å². The van der Waals surface area contributed by atoms with Gasteiger partial charge >= 0.3 is 11.9 Å². The molecular formula is C52H50N4O10. The van der Waals surface area contributed by atoms with E-state index in [-0.39, 0.29) is 41.5 Å². The molecule has 0 aliphatic heterocycles. The molecule has 6 aromatic carbocycles. The summed E-state index contributed by atoms with van der Waals surface area (Å²) in [6.45, 7) is 7.19. The van der Waals surface area contributed by atoms with E-state index in [0.717, 1.165) is 33.4 Å². The molecule has 0 aliphatic rings. The molecule has 4 amide bonds. The molecular weight excluding hydrogens is 841 g/mol. The van der Waals surface area contributed by atoms with Crippen LogP contribution in [0.5, 0.6) is 11.5 Å². The molecule has 0 radical (unpaired) electrons. The Morgan fingerprint density at radius 1 is 0.530 bits per heavy atom. The van der Waals surface area contributed by atoms with Crippen LogP contribution in [0.15, 0.2) is 121 Å². The van der Waals surface area contributed by atoms with E-state index < -0.39 is 29.7 Å². The number of carbonyl (C=O) groups excluding carboxylic acids is 5. The molecule has 0 spiro atoms. The van der Waals surface area contributed by atoms with Crippen molar-refractivity contribution in [2.75, 3.05) is 41.6 Å². The first-order chi connectivity index (χ1) is 31.7. The van der Waals surface area contributed by atoms with Crippen molar-refractivity contribution in [3.8, 4) is 11.5 Å². The highest BCUT2D eigenvalue weighted by Gasteiger charge is 2.18. The quantitative estimate of drug-likeness (QED) is 0.0519. The predicted molar refractivity (Wildman–Crippen MR) is 252 cm³/mol. The van der Waals surface area contributed by atoms with Gasteiger partial charge in [0.2, 0.25) is 0 Å². The van der Waals surface area contributed by atoms with Gasteiger partial charge in [-0.25, -0.2) is 9.59 Å². The SMILES string of the molecule is COC(=O)c1ccccc1NC(=O)c1ccc(NC(=O)COc2c(C)ccc(CCCc3ccc(NC(=O)c4ccc(NC(=O)COc5c(C)cccc5C)cc4)c(C(=O)O)c3)c2C)cc1. The van der Waals surface area contributed by atoms with E-state index in [4.69, 9.17) is 14.2 Å². The number of para-hydroxylation sites is 2. The lowest BCUT2D eigenvalue weighted by Gasteiger charge is -2.16. The molecule has 0 heterocycles. The number of esters is 1. The van der Waals surface area contributed by atoms with Crippen molar-refractivity contribution in [2.45, 2.75) is 47.0 Å². The maximum atomic E-state index is 13.2. The van der Waals surface area contributed by atoms with Crippen molar-refractivity contribution in [2.24, 2.45) is 0 Å². The number of hydrogen-bond donors (Lipinski definition) is 5. The number of methoxy groups -OCH3 is 1. The maximum absolute atomic E-state index is 13.2. The number of hydrogen-bond acceptors (Lipinski definition) is 9. The van der Waals surface area contributed by atoms with Crippen LogP contribution in [0.3, 0.4) is 0 Å². The molecule has 0 aliphatic carbocycles. The maximum Gasteiger partial charge on any atom is 0.339 e. The smallest absolute Gasteiger partial charge is 0.339 e. The van der Waals surface area contributed by atoms with Crippen LogP contribution in [0.1, 0.15) is 81.2 Å². The number of aryl methyl sites for hydroxylation is 5. The van der Waals surface area contributed by atoms with Crippen LogP contribution in [-0.4, -0.2) is 61.0 Å². The first-order valence-corrected chi connectivity index (χ1v) is 21.1. The molecule has 14 heteroatoms. The molecule has 0 saturated heterocycles. The van der Waals surface area contributed by atoms with Crippen LogP contribution in [0.2, 0.25) is 0 Å². The van der Waals surface area contributed by atoms with Gasteiger partial charge in [-0.2, -0.15) is 0 Å². The average molecular weight is 891 g/mol. The lowest BCUT2D eigenvalue weighted by atomic mass is 9.97. The van der Waals surface area contributed by atoms with E-state index in [9.17, 15) is 33.9 Å². The summed E-state index contributed by atoms with van der Waals surface area (Å²) in [4.78, 5) is 75.9. The van der Waals surface area contributed by atoms with Crippen molar-refractivity contribution >= 4 is 58.3 Å². The summed E-state index contributed by atoms with van der Waals surface area (Å²) in [5.41, 5.74) is 7.54. The van der Waals surface area contributed by atoms with E-state index in [1.54, 1.807) is 78.9 Å². The van der Waals surface area contributed by atoms with Gasteiger partial charge in [0.1, 0.15) is 11.5 Å². The Morgan fingerprint density at radius 3 is 1.62 bits per heavy atom. The van der Waals surface area contributed by atoms with Gasteiger partial charge in [0.05, 0.1) is 29.6 Å². The summed E-state index contributed by atoms with van der Waals surface area (Å²) in [5.74, 6) is -2.22. The van der Waals surface area contributed by atoms with Crippen molar-refractivity contribution in [1.29, 1.82) is 0 Å². The van der Waals surface area contributed by atoms with E-state index in [0.29, 0.717) is 53.4 Å². The van der Waals surface area contributed by atoms with E-state index in [1.807, 2.05) is 58.0 Å². The number of carboxylic acid groups (broad SMARTS) is 1. The van der Waals surface area contributed by atoms with E-state index in [1.165, 1.54) is 19.2 Å². The van der Waals surface area contributed by atoms with Gasteiger partial charge in [0.25, 0.3) is 23.6 Å². The number of rotatable bonds is 18. The molecule has 5 N–H and O–H groups in total. The number of ether oxygens (including phenoxy) is 3. The second-order valence-electron chi connectivity index (χ2n) is 15.5. The molecule has 0 unspecified atom stereocenters. The fraction of sp³-hybridized carbons (Fsp3) is 0.192. The molecule has 14 nitrogen and oxygen atoms in total. The molecule has 66 heavy (non-hydrogen) atoms. The van der Waals surface area contributed by atoms with Gasteiger partial charge in [0, 0.05) is 22.5 Å². The number of amides is 4. The van der Waals surface area contributed by atoms with Crippen molar-refractivity contribution in [3.05, 3.63) is 177 Å². The summed E-state index contributed by atoms with van der Waals surface area (Å²) >= 11 is 0. The highest BCUT2D eigenvalue weighted by atomic mass is 16.5. The molecule has 0 fully saturated rings. The van der Waals surface area contributed by atoms with Crippen LogP contribution >= 0.6 is 0 Å². The second kappa shape index (κ2) is 21.9. The van der Waals surface area contributed by atoms with Crippen LogP contribution < -0.4 is 30.7 Å². The third kappa shape index (κ3) is 12.3. The minimum atomic E-state index is -1.19. The highest BCUT2D eigenvalue weighted by molar-refractivity contribution is 6.09. The zero-order chi connectivity index (χ0) is 47.3. The van der Waals surface area contributed by atoms with Gasteiger partial charge in [-0.05, 0) is 153 Å². The molecule has 6 rings (SSSR count). The minimum absolute atomic E-state index is 0.0471. The number of benzene rings is 6. The van der Waals surface area contributed by atoms with Crippen molar-refractivity contribution in [1.82, 2.24) is 0 Å².